The quantitative estimate of drug-likeness (QED) is 0.135. The lowest BCUT2D eigenvalue weighted by Gasteiger charge is -2.38. The number of halogens is 4. The summed E-state index contributed by atoms with van der Waals surface area (Å²) in [5, 5.41) is 44.0. The summed E-state index contributed by atoms with van der Waals surface area (Å²) < 4.78 is 79.5. The summed E-state index contributed by atoms with van der Waals surface area (Å²) in [6.07, 6.45) is -10.2. The van der Waals surface area contributed by atoms with Crippen LogP contribution in [0.5, 0.6) is 0 Å². The van der Waals surface area contributed by atoms with Crippen molar-refractivity contribution in [3.05, 3.63) is 64.7 Å². The second-order valence-electron chi connectivity index (χ2n) is 13.8. The van der Waals surface area contributed by atoms with Crippen LogP contribution in [0.25, 0.3) is 21.5 Å². The van der Waals surface area contributed by atoms with Crippen LogP contribution in [-0.2, 0) is 31.8 Å². The van der Waals surface area contributed by atoms with Gasteiger partial charge in [0.05, 0.1) is 28.5 Å². The number of rotatable bonds is 9. The van der Waals surface area contributed by atoms with Crippen molar-refractivity contribution in [2.45, 2.75) is 106 Å². The summed E-state index contributed by atoms with van der Waals surface area (Å²) in [5.74, 6) is -3.00. The van der Waals surface area contributed by atoms with Crippen LogP contribution < -0.4 is 4.90 Å². The maximum Gasteiger partial charge on any atom is 0.417 e. The second-order valence-corrected chi connectivity index (χ2v) is 14.8. The molecule has 8 atom stereocenters. The van der Waals surface area contributed by atoms with E-state index in [0.717, 1.165) is 49.2 Å². The largest absolute Gasteiger partial charge is 0.479 e. The molecule has 3 unspecified atom stereocenters. The molecule has 2 aromatic carbocycles. The van der Waals surface area contributed by atoms with Gasteiger partial charge in [-0.15, -0.1) is 0 Å². The van der Waals surface area contributed by atoms with Crippen LogP contribution in [-0.4, -0.2) is 91.4 Å². The number of aliphatic carboxylic acids is 1. The number of alkyl halides is 3. The number of esters is 1. The predicted molar refractivity (Wildman–Crippen MR) is 175 cm³/mol. The lowest BCUT2D eigenvalue weighted by Crippen LogP contribution is -2.60. The van der Waals surface area contributed by atoms with E-state index in [2.05, 4.69) is 15.0 Å². The first-order chi connectivity index (χ1) is 25.3. The first-order valence-electron chi connectivity index (χ1n) is 17.1. The van der Waals surface area contributed by atoms with Gasteiger partial charge < -0.3 is 44.1 Å². The molecule has 53 heavy (non-hydrogen) atoms. The van der Waals surface area contributed by atoms with Gasteiger partial charge >= 0.3 is 18.1 Å². The van der Waals surface area contributed by atoms with E-state index in [1.54, 1.807) is 0 Å². The summed E-state index contributed by atoms with van der Waals surface area (Å²) in [4.78, 5) is 31.0. The van der Waals surface area contributed by atoms with Gasteiger partial charge in [-0.25, -0.2) is 19.0 Å². The van der Waals surface area contributed by atoms with E-state index in [1.807, 2.05) is 0 Å². The van der Waals surface area contributed by atoms with Crippen molar-refractivity contribution in [2.24, 2.45) is 0 Å². The minimum Gasteiger partial charge on any atom is -0.479 e. The van der Waals surface area contributed by atoms with Crippen LogP contribution in [0, 0.1) is 5.82 Å². The molecule has 18 heteroatoms. The first-order valence-corrected chi connectivity index (χ1v) is 17.9. The fourth-order valence-corrected chi connectivity index (χ4v) is 8.74. The monoisotopic (exact) mass is 763 g/mol. The molecule has 5 heterocycles. The van der Waals surface area contributed by atoms with E-state index in [-0.39, 0.29) is 53.0 Å². The van der Waals surface area contributed by atoms with Gasteiger partial charge in [0.1, 0.15) is 35.3 Å². The average Bonchev–Trinajstić information content (AvgIpc) is 3.63. The van der Waals surface area contributed by atoms with E-state index in [4.69, 9.17) is 18.7 Å². The number of ether oxygens (including phenoxy) is 3. The highest BCUT2D eigenvalue weighted by atomic mass is 32.1. The summed E-state index contributed by atoms with van der Waals surface area (Å²) in [6, 6.07) is 7.47. The first kappa shape index (κ1) is 35.8. The fraction of sp³-hybridized carbons (Fsp3) is 0.486. The topological polar surface area (TPSA) is 185 Å². The number of aromatic nitrogens is 2. The van der Waals surface area contributed by atoms with Gasteiger partial charge in [-0.3, -0.25) is 0 Å². The molecular formula is C35H33F4N3O10S. The number of carboxylic acid groups (broad SMARTS) is 1. The Labute approximate surface area is 301 Å². The van der Waals surface area contributed by atoms with Crippen molar-refractivity contribution in [3.63, 3.8) is 0 Å². The SMILES string of the molecule is O=C(O[C@@H]1OC(C(=O)O)C(O)[C@H](O)C1O)c1cc(F)c2nc(N3[C@@H]4CC[C@H]3C[C@@H](OCc3c(-c5ccccc5C(F)(F)F)noc3C3CC3)C4)sc2c1. The molecule has 2 aromatic heterocycles. The van der Waals surface area contributed by atoms with Crippen LogP contribution in [0.4, 0.5) is 22.7 Å². The number of benzene rings is 2. The Hall–Kier alpha value is -4.20. The zero-order valence-electron chi connectivity index (χ0n) is 27.6. The number of thiazole rings is 1. The number of nitrogens with zero attached hydrogens (tertiary/aromatic N) is 3. The molecule has 1 saturated carbocycles. The Morgan fingerprint density at radius 2 is 1.72 bits per heavy atom. The highest BCUT2D eigenvalue weighted by Crippen LogP contribution is 2.47. The Bertz CT molecular complexity index is 2040. The number of hydrogen-bond donors (Lipinski definition) is 4. The number of anilines is 1. The minimum absolute atomic E-state index is 0.0171. The van der Waals surface area contributed by atoms with Crippen LogP contribution >= 0.6 is 11.3 Å². The molecule has 3 aliphatic heterocycles. The van der Waals surface area contributed by atoms with Gasteiger partial charge in [0, 0.05) is 29.1 Å². The Balaban J connectivity index is 0.969. The summed E-state index contributed by atoms with van der Waals surface area (Å²) in [5.41, 5.74) is -0.470. The van der Waals surface area contributed by atoms with Crippen LogP contribution in [0.15, 0.2) is 40.9 Å². The van der Waals surface area contributed by atoms with Gasteiger partial charge in [0.2, 0.25) is 6.29 Å². The van der Waals surface area contributed by atoms with E-state index >= 15 is 4.39 Å². The molecule has 4 N–H and O–H groups in total. The van der Waals surface area contributed by atoms with Crippen molar-refractivity contribution < 1.29 is 66.3 Å². The van der Waals surface area contributed by atoms with Crippen LogP contribution in [0.2, 0.25) is 0 Å². The highest BCUT2D eigenvalue weighted by Gasteiger charge is 2.49. The maximum atomic E-state index is 15.4. The number of aliphatic hydroxyl groups is 3. The van der Waals surface area contributed by atoms with Crippen molar-refractivity contribution in [1.29, 1.82) is 0 Å². The molecule has 0 spiro atoms. The maximum absolute atomic E-state index is 15.4. The third-order valence-electron chi connectivity index (χ3n) is 10.3. The molecule has 0 amide bonds. The van der Waals surface area contributed by atoms with Gasteiger partial charge in [0.25, 0.3) is 0 Å². The standard InChI is InChI=1S/C35H33F4N3O10S/c36-22-9-15(32(48)51-33-28(45)26(43)27(44)30(50-33)31(46)47)10-23-25(22)40-34(53-23)42-16-7-8-17(42)12-18(11-16)49-13-20-24(41-52-29(20)14-5-6-14)19-3-1-2-4-21(19)35(37,38)39/h1-4,9-10,14,16-18,26-28,30,33,43-45H,5-8,11-13H2,(H,46,47)/t16-,17+,18+,26-,27?,28?,30?,33-/m0/s1. The number of carboxylic acids is 1. The summed E-state index contributed by atoms with van der Waals surface area (Å²) in [6.45, 7) is 0.0334. The number of aliphatic hydroxyl groups excluding tert-OH is 3. The number of carbonyl (C=O) groups is 2. The third kappa shape index (κ3) is 6.65. The lowest BCUT2D eigenvalue weighted by atomic mass is 9.98. The number of carbonyl (C=O) groups excluding carboxylic acids is 1. The van der Waals surface area contributed by atoms with Crippen LogP contribution in [0.1, 0.15) is 71.7 Å². The zero-order valence-corrected chi connectivity index (χ0v) is 28.4. The van der Waals surface area contributed by atoms with Crippen molar-refractivity contribution >= 4 is 38.6 Å². The normalized spacial score (nSPS) is 28.8. The van der Waals surface area contributed by atoms with Crippen molar-refractivity contribution in [2.75, 3.05) is 4.90 Å². The van der Waals surface area contributed by atoms with Gasteiger partial charge in [-0.1, -0.05) is 34.7 Å². The molecule has 8 rings (SSSR count). The molecule has 4 fully saturated rings. The fourth-order valence-electron chi connectivity index (χ4n) is 7.58. The molecular weight excluding hydrogens is 730 g/mol. The molecule has 4 aliphatic rings. The molecule has 4 aromatic rings. The molecule has 282 valence electrons. The second kappa shape index (κ2) is 13.6. The number of piperidine rings is 1. The van der Waals surface area contributed by atoms with Gasteiger partial charge in [-0.2, -0.15) is 13.2 Å². The third-order valence-corrected chi connectivity index (χ3v) is 11.4. The number of hydrogen-bond acceptors (Lipinski definition) is 13. The highest BCUT2D eigenvalue weighted by molar-refractivity contribution is 7.22. The van der Waals surface area contributed by atoms with Gasteiger partial charge in [0.15, 0.2) is 17.1 Å². The van der Waals surface area contributed by atoms with E-state index < -0.39 is 60.2 Å². The Kier molecular flexibility index (Phi) is 9.18. The summed E-state index contributed by atoms with van der Waals surface area (Å²) in [7, 11) is 0. The van der Waals surface area contributed by atoms with Crippen molar-refractivity contribution in [3.8, 4) is 11.3 Å². The minimum atomic E-state index is -4.58. The lowest BCUT2D eigenvalue weighted by molar-refractivity contribution is -0.278. The van der Waals surface area contributed by atoms with E-state index in [1.165, 1.54) is 24.3 Å². The molecule has 3 saturated heterocycles. The molecule has 2 bridgehead atoms. The van der Waals surface area contributed by atoms with Crippen LogP contribution in [0.3, 0.4) is 0 Å². The zero-order chi connectivity index (χ0) is 37.3. The van der Waals surface area contributed by atoms with E-state index in [0.29, 0.717) is 34.0 Å². The van der Waals surface area contributed by atoms with E-state index in [9.17, 15) is 43.2 Å². The Morgan fingerprint density at radius 3 is 2.40 bits per heavy atom. The average molecular weight is 764 g/mol. The Morgan fingerprint density at radius 1 is 1.00 bits per heavy atom. The molecule has 13 nitrogen and oxygen atoms in total. The molecule has 1 aliphatic carbocycles. The smallest absolute Gasteiger partial charge is 0.417 e. The number of fused-ring (bicyclic) bond motifs is 3. The van der Waals surface area contributed by atoms with Gasteiger partial charge in [-0.05, 0) is 56.7 Å². The predicted octanol–water partition coefficient (Wildman–Crippen LogP) is 4.75. The summed E-state index contributed by atoms with van der Waals surface area (Å²) >= 11 is 1.16. The molecule has 0 radical (unpaired) electrons. The van der Waals surface area contributed by atoms with Crippen molar-refractivity contribution in [1.82, 2.24) is 10.1 Å².